The molecule has 0 fully saturated rings. The van der Waals surface area contributed by atoms with Crippen molar-refractivity contribution >= 4 is 29.3 Å². The second-order valence-electron chi connectivity index (χ2n) is 3.27. The highest BCUT2D eigenvalue weighted by molar-refractivity contribution is 6.30. The van der Waals surface area contributed by atoms with E-state index in [1.54, 1.807) is 6.92 Å². The van der Waals surface area contributed by atoms with Crippen LogP contribution >= 0.6 is 11.6 Å². The lowest BCUT2D eigenvalue weighted by Crippen LogP contribution is -2.39. The monoisotopic (exact) mass is 258 g/mol. The van der Waals surface area contributed by atoms with Crippen LogP contribution < -0.4 is 16.4 Å². The largest absolute Gasteiger partial charge is 0.370 e. The van der Waals surface area contributed by atoms with Crippen LogP contribution in [0.1, 0.15) is 5.56 Å². The van der Waals surface area contributed by atoms with Crippen LogP contribution in [0.4, 0.5) is 14.9 Å². The van der Waals surface area contributed by atoms with Crippen LogP contribution in [0.25, 0.3) is 0 Å². The first-order valence-electron chi connectivity index (χ1n) is 4.70. The number of anilines is 1. The quantitative estimate of drug-likeness (QED) is 0.531. The molecule has 1 aromatic rings. The van der Waals surface area contributed by atoms with Crippen LogP contribution in [0.3, 0.4) is 0 Å². The number of hydrogen-bond donors (Lipinski definition) is 3. The zero-order valence-electron chi connectivity index (χ0n) is 9.34. The Hall–Kier alpha value is -1.82. The van der Waals surface area contributed by atoms with Gasteiger partial charge in [-0.05, 0) is 24.6 Å². The Morgan fingerprint density at radius 1 is 1.53 bits per heavy atom. The van der Waals surface area contributed by atoms with Crippen LogP contribution in [0.2, 0.25) is 5.02 Å². The predicted molar refractivity (Wildman–Crippen MR) is 65.8 cm³/mol. The van der Waals surface area contributed by atoms with Crippen molar-refractivity contribution in [2.24, 2.45) is 10.7 Å². The third-order valence-corrected chi connectivity index (χ3v) is 2.19. The molecule has 0 bridgehead atoms. The Kier molecular flexibility index (Phi) is 4.28. The minimum atomic E-state index is -0.669. The number of carbonyl (C=O) groups excluding carboxylic acids is 1. The molecule has 5 nitrogen and oxygen atoms in total. The van der Waals surface area contributed by atoms with Gasteiger partial charge in [-0.2, -0.15) is 0 Å². The number of nitrogens with one attached hydrogen (secondary N) is 2. The minimum absolute atomic E-state index is 0.0517. The molecule has 0 aromatic heterocycles. The molecule has 0 saturated carbocycles. The van der Waals surface area contributed by atoms with E-state index in [1.807, 2.05) is 0 Å². The number of nitrogens with zero attached hydrogens (tertiary/aromatic N) is 1. The van der Waals surface area contributed by atoms with Crippen molar-refractivity contribution in [1.82, 2.24) is 5.32 Å². The summed E-state index contributed by atoms with van der Waals surface area (Å²) >= 11 is 5.66. The molecule has 0 unspecified atom stereocenters. The molecule has 0 aliphatic carbocycles. The lowest BCUT2D eigenvalue weighted by molar-refractivity contribution is 0.256. The normalized spacial score (nSPS) is 11.2. The number of amides is 2. The highest BCUT2D eigenvalue weighted by Gasteiger charge is 2.11. The van der Waals surface area contributed by atoms with Gasteiger partial charge in [-0.3, -0.25) is 10.3 Å². The second-order valence-corrected chi connectivity index (χ2v) is 3.70. The lowest BCUT2D eigenvalue weighted by atomic mass is 10.2. The number of urea groups is 1. The first kappa shape index (κ1) is 13.2. The SMILES string of the molecule is CN=C(N)NC(=O)Nc1c(C)cc(Cl)cc1F. The Labute approximate surface area is 103 Å². The number of aryl methyl sites for hydroxylation is 1. The third kappa shape index (κ3) is 3.60. The summed E-state index contributed by atoms with van der Waals surface area (Å²) in [4.78, 5) is 14.9. The maximum atomic E-state index is 13.5. The highest BCUT2D eigenvalue weighted by Crippen LogP contribution is 2.23. The summed E-state index contributed by atoms with van der Waals surface area (Å²) in [6.07, 6.45) is 0. The average molecular weight is 259 g/mol. The van der Waals surface area contributed by atoms with Gasteiger partial charge in [0.2, 0.25) is 0 Å². The number of carbonyl (C=O) groups is 1. The van der Waals surface area contributed by atoms with E-state index < -0.39 is 11.8 Å². The van der Waals surface area contributed by atoms with Crippen molar-refractivity contribution in [3.63, 3.8) is 0 Å². The number of aliphatic imine (C=N–C) groups is 1. The fraction of sp³-hybridized carbons (Fsp3) is 0.200. The highest BCUT2D eigenvalue weighted by atomic mass is 35.5. The summed E-state index contributed by atoms with van der Waals surface area (Å²) in [6.45, 7) is 1.63. The van der Waals surface area contributed by atoms with Gasteiger partial charge >= 0.3 is 6.03 Å². The summed E-state index contributed by atoms with van der Waals surface area (Å²) in [5.74, 6) is -0.674. The van der Waals surface area contributed by atoms with Crippen molar-refractivity contribution in [3.05, 3.63) is 28.5 Å². The van der Waals surface area contributed by atoms with E-state index in [4.69, 9.17) is 17.3 Å². The van der Waals surface area contributed by atoms with Gasteiger partial charge in [-0.25, -0.2) is 9.18 Å². The second kappa shape index (κ2) is 5.49. The van der Waals surface area contributed by atoms with E-state index in [9.17, 15) is 9.18 Å². The van der Waals surface area contributed by atoms with Crippen LogP contribution in [-0.4, -0.2) is 19.0 Å². The standard InChI is InChI=1S/C10H12ClFN4O/c1-5-3-6(11)4-7(12)8(5)15-10(17)16-9(13)14-2/h3-4H,1-2H3,(H4,13,14,15,16,17). The maximum Gasteiger partial charge on any atom is 0.326 e. The summed E-state index contributed by atoms with van der Waals surface area (Å²) in [7, 11) is 1.42. The molecular weight excluding hydrogens is 247 g/mol. The molecule has 0 saturated heterocycles. The molecule has 0 radical (unpaired) electrons. The molecule has 92 valence electrons. The van der Waals surface area contributed by atoms with Crippen LogP contribution in [0.15, 0.2) is 17.1 Å². The predicted octanol–water partition coefficient (Wildman–Crippen LogP) is 1.85. The smallest absolute Gasteiger partial charge is 0.326 e. The van der Waals surface area contributed by atoms with Crippen LogP contribution in [0, 0.1) is 12.7 Å². The molecule has 1 rings (SSSR count). The van der Waals surface area contributed by atoms with Crippen molar-refractivity contribution in [1.29, 1.82) is 0 Å². The number of nitrogens with two attached hydrogens (primary N) is 1. The maximum absolute atomic E-state index is 13.5. The van der Waals surface area contributed by atoms with Gasteiger partial charge in [0, 0.05) is 12.1 Å². The van der Waals surface area contributed by atoms with Gasteiger partial charge in [0.1, 0.15) is 5.82 Å². The van der Waals surface area contributed by atoms with E-state index in [-0.39, 0.29) is 16.7 Å². The molecule has 0 aliphatic heterocycles. The molecular formula is C10H12ClFN4O. The number of rotatable bonds is 1. The van der Waals surface area contributed by atoms with Crippen molar-refractivity contribution in [3.8, 4) is 0 Å². The number of hydrogen-bond acceptors (Lipinski definition) is 2. The van der Waals surface area contributed by atoms with Crippen LogP contribution in [-0.2, 0) is 0 Å². The molecule has 17 heavy (non-hydrogen) atoms. The van der Waals surface area contributed by atoms with Gasteiger partial charge in [-0.1, -0.05) is 11.6 Å². The van der Waals surface area contributed by atoms with Crippen molar-refractivity contribution < 1.29 is 9.18 Å². The molecule has 0 atom stereocenters. The molecule has 4 N–H and O–H groups in total. The summed E-state index contributed by atoms with van der Waals surface area (Å²) < 4.78 is 13.5. The van der Waals surface area contributed by atoms with Gasteiger partial charge in [0.15, 0.2) is 5.96 Å². The average Bonchev–Trinajstić information content (AvgIpc) is 2.23. The zero-order valence-corrected chi connectivity index (χ0v) is 10.1. The van der Waals surface area contributed by atoms with E-state index in [1.165, 1.54) is 13.1 Å². The summed E-state index contributed by atoms with van der Waals surface area (Å²) in [5.41, 5.74) is 5.85. The van der Waals surface area contributed by atoms with Crippen LogP contribution in [0.5, 0.6) is 0 Å². The number of benzene rings is 1. The summed E-state index contributed by atoms with van der Waals surface area (Å²) in [5, 5.41) is 4.82. The van der Waals surface area contributed by atoms with Crippen molar-refractivity contribution in [2.75, 3.05) is 12.4 Å². The van der Waals surface area contributed by atoms with Gasteiger partial charge in [-0.15, -0.1) is 0 Å². The molecule has 7 heteroatoms. The minimum Gasteiger partial charge on any atom is -0.370 e. The van der Waals surface area contributed by atoms with E-state index in [0.717, 1.165) is 6.07 Å². The molecule has 0 spiro atoms. The first-order chi connectivity index (χ1) is 7.93. The number of halogens is 2. The fourth-order valence-electron chi connectivity index (χ4n) is 1.18. The molecule has 0 heterocycles. The van der Waals surface area contributed by atoms with Crippen molar-refractivity contribution in [2.45, 2.75) is 6.92 Å². The fourth-order valence-corrected chi connectivity index (χ4v) is 1.44. The van der Waals surface area contributed by atoms with Gasteiger partial charge in [0.05, 0.1) is 5.69 Å². The van der Waals surface area contributed by atoms with E-state index >= 15 is 0 Å². The third-order valence-electron chi connectivity index (χ3n) is 1.97. The number of guanidine groups is 1. The van der Waals surface area contributed by atoms with Gasteiger partial charge < -0.3 is 11.1 Å². The Morgan fingerprint density at radius 3 is 2.71 bits per heavy atom. The molecule has 1 aromatic carbocycles. The summed E-state index contributed by atoms with van der Waals surface area (Å²) in [6, 6.07) is 1.98. The first-order valence-corrected chi connectivity index (χ1v) is 5.07. The molecule has 0 aliphatic rings. The van der Waals surface area contributed by atoms with Gasteiger partial charge in [0.25, 0.3) is 0 Å². The lowest BCUT2D eigenvalue weighted by Gasteiger charge is -2.10. The van der Waals surface area contributed by atoms with E-state index in [0.29, 0.717) is 5.56 Å². The topological polar surface area (TPSA) is 79.5 Å². The molecule has 2 amide bonds. The van der Waals surface area contributed by atoms with E-state index in [2.05, 4.69) is 15.6 Å². The Morgan fingerprint density at radius 2 is 2.18 bits per heavy atom. The zero-order chi connectivity index (χ0) is 13.0. The Balaban J connectivity index is 2.85. The Bertz CT molecular complexity index is 452.